The smallest absolute Gasteiger partial charge is 0.264 e. The van der Waals surface area contributed by atoms with Gasteiger partial charge in [0, 0.05) is 23.5 Å². The fourth-order valence-corrected chi connectivity index (χ4v) is 5.55. The van der Waals surface area contributed by atoms with Crippen molar-refractivity contribution in [1.29, 1.82) is 5.26 Å². The number of anilines is 1. The summed E-state index contributed by atoms with van der Waals surface area (Å²) >= 11 is 0. The Morgan fingerprint density at radius 1 is 1.19 bits per heavy atom. The topological polar surface area (TPSA) is 94.0 Å². The number of pyridine rings is 1. The summed E-state index contributed by atoms with van der Waals surface area (Å²) in [4.78, 5) is 14.9. The van der Waals surface area contributed by atoms with Gasteiger partial charge in [-0.25, -0.2) is 8.42 Å². The number of hydrogen-bond acceptors (Lipinski definition) is 4. The summed E-state index contributed by atoms with van der Waals surface area (Å²) in [5, 5.41) is 10.0. The third-order valence-electron chi connectivity index (χ3n) is 5.07. The standard InChI is InChI=1S/C20H17N3O3S/c1-12-8-14(10-21)9-17-15(12)6-7-23(17)27(25,26)18-5-3-4-16-19(18)13(2)11-22-20(16)24/h3-5,8-9,11H,6-7H2,1-2H3,(H,22,24). The first kappa shape index (κ1) is 17.3. The summed E-state index contributed by atoms with van der Waals surface area (Å²) in [6.45, 7) is 3.97. The maximum absolute atomic E-state index is 13.5. The molecule has 0 atom stereocenters. The Morgan fingerprint density at radius 2 is 1.96 bits per heavy atom. The van der Waals surface area contributed by atoms with Crippen LogP contribution < -0.4 is 9.86 Å². The molecule has 27 heavy (non-hydrogen) atoms. The second kappa shape index (κ2) is 5.96. The largest absolute Gasteiger partial charge is 0.328 e. The SMILES string of the molecule is Cc1cc(C#N)cc2c1CCN2S(=O)(=O)c1cccc2c(=O)[nH]cc(C)c12. The normalized spacial score (nSPS) is 13.6. The molecular formula is C20H17N3O3S. The highest BCUT2D eigenvalue weighted by Gasteiger charge is 2.33. The molecule has 1 aliphatic rings. The number of sulfonamides is 1. The maximum Gasteiger partial charge on any atom is 0.264 e. The Balaban J connectivity index is 1.98. The molecule has 0 aliphatic carbocycles. The minimum Gasteiger partial charge on any atom is -0.328 e. The van der Waals surface area contributed by atoms with Crippen LogP contribution in [-0.2, 0) is 16.4 Å². The van der Waals surface area contributed by atoms with Gasteiger partial charge in [-0.2, -0.15) is 5.26 Å². The van der Waals surface area contributed by atoms with E-state index in [4.69, 9.17) is 0 Å². The van der Waals surface area contributed by atoms with Crippen LogP contribution in [0.15, 0.2) is 46.2 Å². The van der Waals surface area contributed by atoms with E-state index in [1.165, 1.54) is 16.6 Å². The Labute approximate surface area is 156 Å². The van der Waals surface area contributed by atoms with Crippen LogP contribution in [0.2, 0.25) is 0 Å². The number of aromatic nitrogens is 1. The summed E-state index contributed by atoms with van der Waals surface area (Å²) in [5.74, 6) is 0. The summed E-state index contributed by atoms with van der Waals surface area (Å²) in [6, 6.07) is 10.2. The first-order valence-electron chi connectivity index (χ1n) is 8.52. The van der Waals surface area contributed by atoms with Crippen LogP contribution >= 0.6 is 0 Å². The van der Waals surface area contributed by atoms with Crippen molar-refractivity contribution in [2.24, 2.45) is 0 Å². The molecule has 1 aromatic heterocycles. The van der Waals surface area contributed by atoms with Crippen molar-refractivity contribution < 1.29 is 8.42 Å². The fraction of sp³-hybridized carbons (Fsp3) is 0.200. The van der Waals surface area contributed by atoms with E-state index in [0.717, 1.165) is 11.1 Å². The molecule has 0 amide bonds. The molecule has 0 spiro atoms. The van der Waals surface area contributed by atoms with Gasteiger partial charge in [-0.1, -0.05) is 6.07 Å². The van der Waals surface area contributed by atoms with E-state index in [1.54, 1.807) is 31.2 Å². The van der Waals surface area contributed by atoms with Crippen LogP contribution in [0, 0.1) is 25.2 Å². The lowest BCUT2D eigenvalue weighted by Crippen LogP contribution is -2.29. The highest BCUT2D eigenvalue weighted by molar-refractivity contribution is 7.93. The van der Waals surface area contributed by atoms with E-state index >= 15 is 0 Å². The van der Waals surface area contributed by atoms with E-state index in [-0.39, 0.29) is 10.5 Å². The van der Waals surface area contributed by atoms with E-state index in [1.807, 2.05) is 6.92 Å². The molecule has 0 radical (unpaired) electrons. The third kappa shape index (κ3) is 2.53. The summed E-state index contributed by atoms with van der Waals surface area (Å²) in [6.07, 6.45) is 2.12. The number of benzene rings is 2. The minimum atomic E-state index is -3.89. The third-order valence-corrected chi connectivity index (χ3v) is 6.92. The maximum atomic E-state index is 13.5. The number of nitrogens with zero attached hydrogens (tertiary/aromatic N) is 2. The predicted octanol–water partition coefficient (Wildman–Crippen LogP) is 2.77. The molecule has 0 saturated heterocycles. The number of rotatable bonds is 2. The van der Waals surface area contributed by atoms with Crippen molar-refractivity contribution >= 4 is 26.5 Å². The first-order chi connectivity index (χ1) is 12.8. The van der Waals surface area contributed by atoms with Gasteiger partial charge in [-0.15, -0.1) is 0 Å². The molecule has 0 fully saturated rings. The van der Waals surface area contributed by atoms with Crippen LogP contribution in [0.3, 0.4) is 0 Å². The molecule has 2 aromatic carbocycles. The number of aryl methyl sites for hydroxylation is 2. The highest BCUT2D eigenvalue weighted by atomic mass is 32.2. The van der Waals surface area contributed by atoms with Crippen LogP contribution in [0.25, 0.3) is 10.8 Å². The zero-order valence-corrected chi connectivity index (χ0v) is 15.7. The van der Waals surface area contributed by atoms with Gasteiger partial charge in [-0.05, 0) is 61.2 Å². The molecule has 1 aliphatic heterocycles. The second-order valence-corrected chi connectivity index (χ2v) is 8.54. The minimum absolute atomic E-state index is 0.108. The van der Waals surface area contributed by atoms with Gasteiger partial charge in [0.05, 0.1) is 22.2 Å². The number of hydrogen-bond donors (Lipinski definition) is 1. The molecule has 136 valence electrons. The monoisotopic (exact) mass is 379 g/mol. The fourth-order valence-electron chi connectivity index (χ4n) is 3.78. The Kier molecular flexibility index (Phi) is 3.82. The molecule has 2 heterocycles. The lowest BCUT2D eigenvalue weighted by molar-refractivity contribution is 0.593. The molecule has 7 heteroatoms. The number of nitriles is 1. The molecule has 3 aromatic rings. The molecular weight excluding hydrogens is 362 g/mol. The van der Waals surface area contributed by atoms with E-state index in [0.29, 0.717) is 40.6 Å². The van der Waals surface area contributed by atoms with Crippen LogP contribution in [0.5, 0.6) is 0 Å². The summed E-state index contributed by atoms with van der Waals surface area (Å²) in [5.41, 5.74) is 3.19. The Hall–Kier alpha value is -3.11. The lowest BCUT2D eigenvalue weighted by Gasteiger charge is -2.21. The van der Waals surface area contributed by atoms with Crippen molar-refractivity contribution in [3.05, 3.63) is 69.1 Å². The second-order valence-electron chi connectivity index (χ2n) is 6.71. The van der Waals surface area contributed by atoms with Crippen LogP contribution in [0.1, 0.15) is 22.3 Å². The molecule has 0 unspecified atom stereocenters. The van der Waals surface area contributed by atoms with Crippen molar-refractivity contribution in [2.45, 2.75) is 25.2 Å². The van der Waals surface area contributed by atoms with Gasteiger partial charge in [0.1, 0.15) is 0 Å². The van der Waals surface area contributed by atoms with Crippen LogP contribution in [0.4, 0.5) is 5.69 Å². The van der Waals surface area contributed by atoms with Gasteiger partial charge in [0.2, 0.25) is 0 Å². The van der Waals surface area contributed by atoms with Crippen molar-refractivity contribution in [2.75, 3.05) is 10.8 Å². The van der Waals surface area contributed by atoms with Crippen molar-refractivity contribution in [3.63, 3.8) is 0 Å². The zero-order chi connectivity index (χ0) is 19.3. The summed E-state index contributed by atoms with van der Waals surface area (Å²) < 4.78 is 28.4. The van der Waals surface area contributed by atoms with Gasteiger partial charge < -0.3 is 4.98 Å². The average Bonchev–Trinajstić information content (AvgIpc) is 3.09. The first-order valence-corrected chi connectivity index (χ1v) is 9.96. The molecule has 0 saturated carbocycles. The van der Waals surface area contributed by atoms with E-state index in [9.17, 15) is 18.5 Å². The predicted molar refractivity (Wildman–Crippen MR) is 103 cm³/mol. The lowest BCUT2D eigenvalue weighted by atomic mass is 10.0. The Morgan fingerprint density at radius 3 is 2.70 bits per heavy atom. The molecule has 6 nitrogen and oxygen atoms in total. The van der Waals surface area contributed by atoms with E-state index in [2.05, 4.69) is 11.1 Å². The van der Waals surface area contributed by atoms with Crippen LogP contribution in [-0.4, -0.2) is 19.9 Å². The average molecular weight is 379 g/mol. The number of H-pyrrole nitrogens is 1. The molecule has 1 N–H and O–H groups in total. The van der Waals surface area contributed by atoms with Crippen molar-refractivity contribution in [1.82, 2.24) is 4.98 Å². The number of fused-ring (bicyclic) bond motifs is 2. The number of aromatic amines is 1. The number of nitrogens with one attached hydrogen (secondary N) is 1. The molecule has 0 bridgehead atoms. The molecule has 4 rings (SSSR count). The van der Waals surface area contributed by atoms with Gasteiger partial charge in [0.25, 0.3) is 15.6 Å². The van der Waals surface area contributed by atoms with Crippen molar-refractivity contribution in [3.8, 4) is 6.07 Å². The summed E-state index contributed by atoms with van der Waals surface area (Å²) in [7, 11) is -3.89. The van der Waals surface area contributed by atoms with Gasteiger partial charge in [0.15, 0.2) is 0 Å². The van der Waals surface area contributed by atoms with E-state index < -0.39 is 10.0 Å². The quantitative estimate of drug-likeness (QED) is 0.741. The van der Waals surface area contributed by atoms with Gasteiger partial charge in [-0.3, -0.25) is 9.10 Å². The highest BCUT2D eigenvalue weighted by Crippen LogP contribution is 2.37. The Bertz CT molecular complexity index is 1300. The van der Waals surface area contributed by atoms with Gasteiger partial charge >= 0.3 is 0 Å². The zero-order valence-electron chi connectivity index (χ0n) is 14.9.